The van der Waals surface area contributed by atoms with Crippen molar-refractivity contribution in [2.45, 2.75) is 26.7 Å². The third kappa shape index (κ3) is 7.57. The van der Waals surface area contributed by atoms with Gasteiger partial charge in [-0.25, -0.2) is 0 Å². The Kier molecular flexibility index (Phi) is 8.09. The topological polar surface area (TPSA) is 102 Å². The van der Waals surface area contributed by atoms with Gasteiger partial charge >= 0.3 is 5.97 Å². The summed E-state index contributed by atoms with van der Waals surface area (Å²) in [4.78, 5) is 47.0. The molecule has 0 bridgehead atoms. The summed E-state index contributed by atoms with van der Waals surface area (Å²) < 4.78 is 4.94. The van der Waals surface area contributed by atoms with Gasteiger partial charge in [0.15, 0.2) is 5.78 Å². The van der Waals surface area contributed by atoms with Gasteiger partial charge in [0.25, 0.3) is 5.91 Å². The van der Waals surface area contributed by atoms with Gasteiger partial charge in [-0.1, -0.05) is 35.9 Å². The van der Waals surface area contributed by atoms with E-state index in [9.17, 15) is 19.2 Å². The van der Waals surface area contributed by atoms with Crippen molar-refractivity contribution in [2.24, 2.45) is 0 Å². The number of ether oxygens (including phenoxy) is 1. The molecule has 2 aromatic carbocycles. The average molecular weight is 396 g/mol. The quantitative estimate of drug-likeness (QED) is 0.293. The molecule has 0 aliphatic rings. The maximum atomic E-state index is 12.1. The van der Waals surface area contributed by atoms with Crippen LogP contribution in [0.25, 0.3) is 0 Å². The summed E-state index contributed by atoms with van der Waals surface area (Å²) in [5.41, 5.74) is 2.00. The summed E-state index contributed by atoms with van der Waals surface area (Å²) in [5, 5.41) is 5.34. The molecule has 29 heavy (non-hydrogen) atoms. The zero-order chi connectivity index (χ0) is 21.2. The second kappa shape index (κ2) is 10.8. The Balaban J connectivity index is 1.68. The largest absolute Gasteiger partial charge is 0.427 e. The first-order chi connectivity index (χ1) is 13.8. The minimum Gasteiger partial charge on any atom is -0.427 e. The normalized spacial score (nSPS) is 10.1. The molecule has 2 N–H and O–H groups in total. The first-order valence-electron chi connectivity index (χ1n) is 9.28. The van der Waals surface area contributed by atoms with Crippen molar-refractivity contribution in [3.63, 3.8) is 0 Å². The fraction of sp³-hybridized carbons (Fsp3) is 0.273. The molecule has 0 aromatic heterocycles. The van der Waals surface area contributed by atoms with Crippen LogP contribution >= 0.6 is 0 Å². The van der Waals surface area contributed by atoms with E-state index in [1.165, 1.54) is 13.0 Å². The highest BCUT2D eigenvalue weighted by Crippen LogP contribution is 2.13. The van der Waals surface area contributed by atoms with Gasteiger partial charge in [-0.2, -0.15) is 0 Å². The van der Waals surface area contributed by atoms with Gasteiger partial charge in [0.1, 0.15) is 5.75 Å². The van der Waals surface area contributed by atoms with Crippen LogP contribution < -0.4 is 15.4 Å². The average Bonchev–Trinajstić information content (AvgIpc) is 2.69. The van der Waals surface area contributed by atoms with Crippen molar-refractivity contribution < 1.29 is 23.9 Å². The van der Waals surface area contributed by atoms with E-state index in [0.717, 1.165) is 5.56 Å². The van der Waals surface area contributed by atoms with Crippen LogP contribution in [-0.4, -0.2) is 36.7 Å². The van der Waals surface area contributed by atoms with Crippen molar-refractivity contribution in [3.8, 4) is 5.75 Å². The zero-order valence-corrected chi connectivity index (χ0v) is 16.5. The smallest absolute Gasteiger partial charge is 0.308 e. The molecule has 0 saturated heterocycles. The Labute approximate surface area is 169 Å². The molecule has 0 heterocycles. The molecule has 0 saturated carbocycles. The summed E-state index contributed by atoms with van der Waals surface area (Å²) in [6.07, 6.45) is 0.218. The number of benzene rings is 2. The number of Topliss-reactive ketones (excluding diaryl/α,β-unsaturated/α-hetero) is 1. The fourth-order valence-electron chi connectivity index (χ4n) is 2.55. The molecule has 2 amide bonds. The highest BCUT2D eigenvalue weighted by Gasteiger charge is 2.10. The standard InChI is InChI=1S/C22H24N2O5/c1-15-6-8-17(9-7-15)20(26)10-11-21(27)23-12-13-24-22(28)18-4-3-5-19(14-18)29-16(2)25/h3-9,14H,10-13H2,1-2H3,(H,23,27)(H,24,28). The van der Waals surface area contributed by atoms with E-state index in [0.29, 0.717) is 11.1 Å². The van der Waals surface area contributed by atoms with Gasteiger partial charge in [0.05, 0.1) is 0 Å². The summed E-state index contributed by atoms with van der Waals surface area (Å²) in [6, 6.07) is 13.5. The van der Waals surface area contributed by atoms with Crippen LogP contribution in [-0.2, 0) is 9.59 Å². The lowest BCUT2D eigenvalue weighted by Gasteiger charge is -2.08. The number of esters is 1. The second-order valence-corrected chi connectivity index (χ2v) is 6.52. The molecule has 7 heteroatoms. The predicted molar refractivity (Wildman–Crippen MR) is 108 cm³/mol. The number of nitrogens with one attached hydrogen (secondary N) is 2. The number of carbonyl (C=O) groups excluding carboxylic acids is 4. The number of aryl methyl sites for hydroxylation is 1. The summed E-state index contributed by atoms with van der Waals surface area (Å²) in [5.74, 6) is -0.858. The van der Waals surface area contributed by atoms with Gasteiger partial charge in [-0.3, -0.25) is 19.2 Å². The van der Waals surface area contributed by atoms with Crippen LogP contribution in [0.4, 0.5) is 0 Å². The highest BCUT2D eigenvalue weighted by molar-refractivity contribution is 5.98. The first-order valence-corrected chi connectivity index (χ1v) is 9.28. The molecular weight excluding hydrogens is 372 g/mol. The van der Waals surface area contributed by atoms with Crippen LogP contribution in [0, 0.1) is 6.92 Å². The van der Waals surface area contributed by atoms with E-state index in [2.05, 4.69) is 10.6 Å². The highest BCUT2D eigenvalue weighted by atomic mass is 16.5. The Morgan fingerprint density at radius 1 is 0.862 bits per heavy atom. The zero-order valence-electron chi connectivity index (χ0n) is 16.5. The SMILES string of the molecule is CC(=O)Oc1cccc(C(=O)NCCNC(=O)CCC(=O)c2ccc(C)cc2)c1. The van der Waals surface area contributed by atoms with Gasteiger partial charge in [0, 0.05) is 44.0 Å². The molecule has 0 aliphatic heterocycles. The minimum absolute atomic E-state index is 0.0823. The lowest BCUT2D eigenvalue weighted by molar-refractivity contribution is -0.131. The molecule has 0 unspecified atom stereocenters. The number of amides is 2. The fourth-order valence-corrected chi connectivity index (χ4v) is 2.55. The summed E-state index contributed by atoms with van der Waals surface area (Å²) >= 11 is 0. The number of ketones is 1. The molecule has 0 aliphatic carbocycles. The molecule has 0 atom stereocenters. The van der Waals surface area contributed by atoms with Gasteiger partial charge in [-0.15, -0.1) is 0 Å². The van der Waals surface area contributed by atoms with Gasteiger partial charge in [0.2, 0.25) is 5.91 Å². The van der Waals surface area contributed by atoms with Crippen molar-refractivity contribution in [1.82, 2.24) is 10.6 Å². The number of rotatable bonds is 9. The Hall–Kier alpha value is -3.48. The van der Waals surface area contributed by atoms with Crippen molar-refractivity contribution in [1.29, 1.82) is 0 Å². The Bertz CT molecular complexity index is 890. The van der Waals surface area contributed by atoms with E-state index in [4.69, 9.17) is 4.74 Å². The summed E-state index contributed by atoms with van der Waals surface area (Å²) in [7, 11) is 0. The third-order valence-corrected chi connectivity index (χ3v) is 4.04. The van der Waals surface area contributed by atoms with Crippen LogP contribution in [0.5, 0.6) is 5.75 Å². The van der Waals surface area contributed by atoms with E-state index in [1.54, 1.807) is 30.3 Å². The van der Waals surface area contributed by atoms with Gasteiger partial charge in [-0.05, 0) is 25.1 Å². The molecular formula is C22H24N2O5. The molecule has 2 aromatic rings. The van der Waals surface area contributed by atoms with Crippen LogP contribution in [0.15, 0.2) is 48.5 Å². The van der Waals surface area contributed by atoms with E-state index >= 15 is 0 Å². The molecule has 0 radical (unpaired) electrons. The number of hydrogen-bond acceptors (Lipinski definition) is 5. The van der Waals surface area contributed by atoms with Crippen LogP contribution in [0.1, 0.15) is 46.0 Å². The number of hydrogen-bond donors (Lipinski definition) is 2. The Morgan fingerprint density at radius 3 is 2.24 bits per heavy atom. The second-order valence-electron chi connectivity index (χ2n) is 6.52. The maximum Gasteiger partial charge on any atom is 0.308 e. The molecule has 7 nitrogen and oxygen atoms in total. The van der Waals surface area contributed by atoms with E-state index < -0.39 is 5.97 Å². The van der Waals surface area contributed by atoms with E-state index in [-0.39, 0.29) is 49.3 Å². The van der Waals surface area contributed by atoms with E-state index in [1.807, 2.05) is 19.1 Å². The van der Waals surface area contributed by atoms with Crippen molar-refractivity contribution in [2.75, 3.05) is 13.1 Å². The molecule has 0 spiro atoms. The van der Waals surface area contributed by atoms with Crippen molar-refractivity contribution >= 4 is 23.6 Å². The number of carbonyl (C=O) groups is 4. The summed E-state index contributed by atoms with van der Waals surface area (Å²) in [6.45, 7) is 3.70. The minimum atomic E-state index is -0.467. The monoisotopic (exact) mass is 396 g/mol. The van der Waals surface area contributed by atoms with Crippen molar-refractivity contribution in [3.05, 3.63) is 65.2 Å². The third-order valence-electron chi connectivity index (χ3n) is 4.04. The first kappa shape index (κ1) is 21.8. The predicted octanol–water partition coefficient (Wildman–Crippen LogP) is 2.43. The van der Waals surface area contributed by atoms with Gasteiger partial charge < -0.3 is 15.4 Å². The van der Waals surface area contributed by atoms with Crippen LogP contribution in [0.3, 0.4) is 0 Å². The van der Waals surface area contributed by atoms with Crippen LogP contribution in [0.2, 0.25) is 0 Å². The molecule has 0 fully saturated rings. The Morgan fingerprint density at radius 2 is 1.55 bits per heavy atom. The lowest BCUT2D eigenvalue weighted by atomic mass is 10.1. The molecule has 152 valence electrons. The maximum absolute atomic E-state index is 12.1. The lowest BCUT2D eigenvalue weighted by Crippen LogP contribution is -2.34. The molecule has 2 rings (SSSR count).